The maximum atomic E-state index is 11.3. The van der Waals surface area contributed by atoms with Crippen LogP contribution in [0.1, 0.15) is 40.0 Å². The number of ether oxygens (including phenoxy) is 1. The molecule has 0 N–H and O–H groups in total. The Kier molecular flexibility index (Phi) is 1.90. The molecule has 0 spiro atoms. The monoisotopic (exact) mass is 182 g/mol. The largest absolute Gasteiger partial charge is 0.461 e. The number of rotatable bonds is 0. The van der Waals surface area contributed by atoms with Crippen molar-refractivity contribution in [3.63, 3.8) is 0 Å². The molecule has 2 rings (SSSR count). The molecule has 0 radical (unpaired) electrons. The lowest BCUT2D eigenvalue weighted by Crippen LogP contribution is -2.31. The van der Waals surface area contributed by atoms with Crippen molar-refractivity contribution in [3.8, 4) is 0 Å². The van der Waals surface area contributed by atoms with Crippen molar-refractivity contribution in [1.82, 2.24) is 0 Å². The van der Waals surface area contributed by atoms with E-state index < -0.39 is 0 Å². The highest BCUT2D eigenvalue weighted by Gasteiger charge is 2.49. The van der Waals surface area contributed by atoms with Crippen LogP contribution in [0.15, 0.2) is 0 Å². The van der Waals surface area contributed by atoms with E-state index in [0.717, 1.165) is 6.42 Å². The molecule has 1 aliphatic heterocycles. The Morgan fingerprint density at radius 1 is 1.46 bits per heavy atom. The van der Waals surface area contributed by atoms with Crippen LogP contribution in [-0.2, 0) is 9.53 Å². The summed E-state index contributed by atoms with van der Waals surface area (Å²) in [6, 6.07) is 0. The smallest absolute Gasteiger partial charge is 0.306 e. The Morgan fingerprint density at radius 3 is 2.85 bits per heavy atom. The van der Waals surface area contributed by atoms with Gasteiger partial charge in [-0.1, -0.05) is 20.8 Å². The standard InChI is InChI=1S/C11H18O2/c1-7-8-4-5-9(12)13-10(7)11(2,3)6-8/h7-8,10H,4-6H2,1-3H3/t7-,8+,10+/m0/s1. The zero-order chi connectivity index (χ0) is 9.64. The van der Waals surface area contributed by atoms with Crippen LogP contribution in [0, 0.1) is 17.3 Å². The molecule has 0 aromatic rings. The van der Waals surface area contributed by atoms with Gasteiger partial charge in [-0.3, -0.25) is 4.79 Å². The summed E-state index contributed by atoms with van der Waals surface area (Å²) < 4.78 is 5.49. The van der Waals surface area contributed by atoms with Crippen molar-refractivity contribution in [1.29, 1.82) is 0 Å². The molecular formula is C11H18O2. The van der Waals surface area contributed by atoms with Gasteiger partial charge in [0.1, 0.15) is 6.10 Å². The van der Waals surface area contributed by atoms with Gasteiger partial charge in [0.05, 0.1) is 0 Å². The van der Waals surface area contributed by atoms with Crippen molar-refractivity contribution < 1.29 is 9.53 Å². The molecule has 0 unspecified atom stereocenters. The van der Waals surface area contributed by atoms with Gasteiger partial charge in [-0.05, 0) is 24.7 Å². The van der Waals surface area contributed by atoms with Crippen molar-refractivity contribution in [2.45, 2.75) is 46.1 Å². The van der Waals surface area contributed by atoms with Gasteiger partial charge in [-0.15, -0.1) is 0 Å². The van der Waals surface area contributed by atoms with Crippen molar-refractivity contribution in [2.24, 2.45) is 17.3 Å². The van der Waals surface area contributed by atoms with Crippen molar-refractivity contribution in [2.75, 3.05) is 0 Å². The summed E-state index contributed by atoms with van der Waals surface area (Å²) in [6.07, 6.45) is 3.03. The summed E-state index contributed by atoms with van der Waals surface area (Å²) in [7, 11) is 0. The van der Waals surface area contributed by atoms with Crippen LogP contribution in [0.4, 0.5) is 0 Å². The molecule has 2 bridgehead atoms. The average Bonchev–Trinajstić information content (AvgIpc) is 2.18. The highest BCUT2D eigenvalue weighted by atomic mass is 16.5. The minimum Gasteiger partial charge on any atom is -0.461 e. The summed E-state index contributed by atoms with van der Waals surface area (Å²) in [5.74, 6) is 1.26. The summed E-state index contributed by atoms with van der Waals surface area (Å²) >= 11 is 0. The van der Waals surface area contributed by atoms with Crippen LogP contribution in [0.2, 0.25) is 0 Å². The van der Waals surface area contributed by atoms with Crippen LogP contribution in [0.5, 0.6) is 0 Å². The molecule has 2 aliphatic rings. The molecule has 0 aromatic heterocycles. The summed E-state index contributed by atoms with van der Waals surface area (Å²) in [5, 5.41) is 0. The minimum atomic E-state index is 0.00660. The number of fused-ring (bicyclic) bond motifs is 2. The Morgan fingerprint density at radius 2 is 2.15 bits per heavy atom. The Balaban J connectivity index is 2.26. The summed E-state index contributed by atoms with van der Waals surface area (Å²) in [5.41, 5.74) is 0.195. The molecule has 2 fully saturated rings. The van der Waals surface area contributed by atoms with Crippen LogP contribution >= 0.6 is 0 Å². The molecule has 1 saturated carbocycles. The fourth-order valence-electron chi connectivity index (χ4n) is 3.07. The predicted molar refractivity (Wildman–Crippen MR) is 50.2 cm³/mol. The van der Waals surface area contributed by atoms with Crippen LogP contribution in [-0.4, -0.2) is 12.1 Å². The van der Waals surface area contributed by atoms with E-state index in [-0.39, 0.29) is 17.5 Å². The van der Waals surface area contributed by atoms with E-state index in [2.05, 4.69) is 20.8 Å². The third-order valence-electron chi connectivity index (χ3n) is 3.76. The lowest BCUT2D eigenvalue weighted by Gasteiger charge is -2.28. The summed E-state index contributed by atoms with van der Waals surface area (Å²) in [4.78, 5) is 11.3. The van der Waals surface area contributed by atoms with Crippen molar-refractivity contribution >= 4 is 5.97 Å². The van der Waals surface area contributed by atoms with Gasteiger partial charge in [-0.25, -0.2) is 0 Å². The van der Waals surface area contributed by atoms with Gasteiger partial charge in [0.25, 0.3) is 0 Å². The predicted octanol–water partition coefficient (Wildman–Crippen LogP) is 2.37. The normalized spacial score (nSPS) is 42.7. The highest BCUT2D eigenvalue weighted by molar-refractivity contribution is 5.70. The lowest BCUT2D eigenvalue weighted by molar-refractivity contribution is -0.154. The van der Waals surface area contributed by atoms with Crippen LogP contribution in [0.25, 0.3) is 0 Å². The second-order valence-corrected chi connectivity index (χ2v) is 5.26. The Labute approximate surface area is 79.7 Å². The fourth-order valence-corrected chi connectivity index (χ4v) is 3.07. The average molecular weight is 182 g/mol. The number of hydrogen-bond acceptors (Lipinski definition) is 2. The topological polar surface area (TPSA) is 26.3 Å². The molecule has 74 valence electrons. The first-order valence-corrected chi connectivity index (χ1v) is 5.20. The second kappa shape index (κ2) is 2.73. The van der Waals surface area contributed by atoms with Crippen LogP contribution < -0.4 is 0 Å². The summed E-state index contributed by atoms with van der Waals surface area (Å²) in [6.45, 7) is 6.65. The molecule has 2 nitrogen and oxygen atoms in total. The molecule has 13 heavy (non-hydrogen) atoms. The number of carbonyl (C=O) groups is 1. The number of hydrogen-bond donors (Lipinski definition) is 0. The van der Waals surface area contributed by atoms with Gasteiger partial charge < -0.3 is 4.74 Å². The number of esters is 1. The van der Waals surface area contributed by atoms with Crippen molar-refractivity contribution in [3.05, 3.63) is 0 Å². The van der Waals surface area contributed by atoms with E-state index in [4.69, 9.17) is 4.74 Å². The van der Waals surface area contributed by atoms with E-state index in [1.165, 1.54) is 6.42 Å². The lowest BCUT2D eigenvalue weighted by atomic mass is 9.87. The zero-order valence-corrected chi connectivity index (χ0v) is 8.67. The minimum absolute atomic E-state index is 0.00660. The molecule has 0 aromatic carbocycles. The van der Waals surface area contributed by atoms with E-state index in [9.17, 15) is 4.79 Å². The van der Waals surface area contributed by atoms with Gasteiger partial charge in [0.15, 0.2) is 0 Å². The third-order valence-corrected chi connectivity index (χ3v) is 3.76. The zero-order valence-electron chi connectivity index (χ0n) is 8.67. The molecule has 1 aliphatic carbocycles. The third kappa shape index (κ3) is 1.36. The first-order valence-electron chi connectivity index (χ1n) is 5.20. The highest BCUT2D eigenvalue weighted by Crippen LogP contribution is 2.50. The SMILES string of the molecule is C[C@H]1[C@@H]2CCC(=O)O[C@H]1C(C)(C)C2. The first kappa shape index (κ1) is 9.04. The Hall–Kier alpha value is -0.530. The van der Waals surface area contributed by atoms with Gasteiger partial charge >= 0.3 is 5.97 Å². The maximum Gasteiger partial charge on any atom is 0.306 e. The van der Waals surface area contributed by atoms with E-state index >= 15 is 0 Å². The molecule has 2 heteroatoms. The van der Waals surface area contributed by atoms with Gasteiger partial charge in [-0.2, -0.15) is 0 Å². The number of carbonyl (C=O) groups excluding carboxylic acids is 1. The maximum absolute atomic E-state index is 11.3. The molecule has 3 atom stereocenters. The first-order chi connectivity index (χ1) is 6.00. The quantitative estimate of drug-likeness (QED) is 0.538. The molecule has 1 saturated heterocycles. The van der Waals surface area contributed by atoms with E-state index in [1.807, 2.05) is 0 Å². The fraction of sp³-hybridized carbons (Fsp3) is 0.909. The molecule has 1 heterocycles. The second-order valence-electron chi connectivity index (χ2n) is 5.26. The van der Waals surface area contributed by atoms with E-state index in [1.54, 1.807) is 0 Å². The van der Waals surface area contributed by atoms with Gasteiger partial charge in [0, 0.05) is 11.8 Å². The molecule has 0 amide bonds. The van der Waals surface area contributed by atoms with Crippen LogP contribution in [0.3, 0.4) is 0 Å². The molecular weight excluding hydrogens is 164 g/mol. The Bertz CT molecular complexity index is 232. The van der Waals surface area contributed by atoms with E-state index in [0.29, 0.717) is 18.3 Å². The van der Waals surface area contributed by atoms with Gasteiger partial charge in [0.2, 0.25) is 0 Å².